The predicted octanol–water partition coefficient (Wildman–Crippen LogP) is 5.52. The normalized spacial score (nSPS) is 16.5. The zero-order chi connectivity index (χ0) is 23.2. The first-order valence-electron chi connectivity index (χ1n) is 11.9. The molecule has 0 N–H and O–H groups in total. The molecule has 33 heavy (non-hydrogen) atoms. The van der Waals surface area contributed by atoms with Crippen molar-refractivity contribution < 1.29 is 9.53 Å². The topological polar surface area (TPSA) is 47.4 Å². The molecule has 1 saturated heterocycles. The van der Waals surface area contributed by atoms with Crippen LogP contribution in [0.3, 0.4) is 0 Å². The maximum Gasteiger partial charge on any atom is 0.330 e. The molecule has 0 amide bonds. The highest BCUT2D eigenvalue weighted by atomic mass is 16.5. The Bertz CT molecular complexity index is 1100. The van der Waals surface area contributed by atoms with Gasteiger partial charge in [-0.25, -0.2) is 9.48 Å². The van der Waals surface area contributed by atoms with Gasteiger partial charge in [-0.2, -0.15) is 5.10 Å². The van der Waals surface area contributed by atoms with Crippen LogP contribution < -0.4 is 0 Å². The lowest BCUT2D eigenvalue weighted by Crippen LogP contribution is -2.24. The number of likely N-dealkylation sites (tertiary alicyclic amines) is 1. The Morgan fingerprint density at radius 3 is 2.52 bits per heavy atom. The fraction of sp³-hybridized carbons (Fsp3) is 0.357. The number of carbonyl (C=O) groups excluding carboxylic acids is 1. The summed E-state index contributed by atoms with van der Waals surface area (Å²) >= 11 is 0. The van der Waals surface area contributed by atoms with Gasteiger partial charge in [0.2, 0.25) is 0 Å². The number of hydrogen-bond donors (Lipinski definition) is 0. The summed E-state index contributed by atoms with van der Waals surface area (Å²) in [6.07, 6.45) is 7.50. The second-order valence-corrected chi connectivity index (χ2v) is 8.48. The van der Waals surface area contributed by atoms with E-state index >= 15 is 0 Å². The van der Waals surface area contributed by atoms with E-state index in [-0.39, 0.29) is 5.97 Å². The number of methoxy groups -OCH3 is 1. The minimum Gasteiger partial charge on any atom is -0.466 e. The molecule has 3 aromatic rings. The maximum atomic E-state index is 11.4. The van der Waals surface area contributed by atoms with Gasteiger partial charge in [-0.3, -0.25) is 4.90 Å². The number of esters is 1. The van der Waals surface area contributed by atoms with E-state index in [9.17, 15) is 4.79 Å². The van der Waals surface area contributed by atoms with Gasteiger partial charge in [0.25, 0.3) is 0 Å². The van der Waals surface area contributed by atoms with Gasteiger partial charge >= 0.3 is 5.97 Å². The van der Waals surface area contributed by atoms with Crippen LogP contribution >= 0.6 is 0 Å². The number of hydrogen-bond acceptors (Lipinski definition) is 4. The van der Waals surface area contributed by atoms with E-state index in [1.54, 1.807) is 6.08 Å². The van der Waals surface area contributed by atoms with Gasteiger partial charge in [-0.15, -0.1) is 0 Å². The van der Waals surface area contributed by atoms with Crippen molar-refractivity contribution in [3.05, 3.63) is 88.8 Å². The van der Waals surface area contributed by atoms with E-state index in [1.807, 2.05) is 6.07 Å². The summed E-state index contributed by atoms with van der Waals surface area (Å²) in [7, 11) is 1.39. The minimum atomic E-state index is -0.337. The van der Waals surface area contributed by atoms with Crippen molar-refractivity contribution in [1.29, 1.82) is 0 Å². The van der Waals surface area contributed by atoms with Crippen LogP contribution in [0.15, 0.2) is 60.7 Å². The smallest absolute Gasteiger partial charge is 0.330 e. The summed E-state index contributed by atoms with van der Waals surface area (Å²) < 4.78 is 6.82. The molecule has 2 aromatic carbocycles. The Labute approximate surface area is 196 Å². The van der Waals surface area contributed by atoms with Crippen molar-refractivity contribution in [2.75, 3.05) is 13.7 Å². The van der Waals surface area contributed by atoms with E-state index < -0.39 is 0 Å². The average Bonchev–Trinajstić information content (AvgIpc) is 3.47. The molecule has 1 fully saturated rings. The van der Waals surface area contributed by atoms with Crippen LogP contribution in [-0.2, 0) is 28.9 Å². The molecule has 5 heteroatoms. The molecule has 1 aliphatic rings. The summed E-state index contributed by atoms with van der Waals surface area (Å²) in [4.78, 5) is 14.0. The van der Waals surface area contributed by atoms with Crippen molar-refractivity contribution in [3.63, 3.8) is 0 Å². The molecular formula is C28H33N3O2. The van der Waals surface area contributed by atoms with Crippen molar-refractivity contribution in [3.8, 4) is 5.69 Å². The predicted molar refractivity (Wildman–Crippen MR) is 132 cm³/mol. The fourth-order valence-electron chi connectivity index (χ4n) is 4.81. The van der Waals surface area contributed by atoms with Crippen LogP contribution in [0.5, 0.6) is 0 Å². The largest absolute Gasteiger partial charge is 0.466 e. The van der Waals surface area contributed by atoms with Crippen LogP contribution in [0.2, 0.25) is 0 Å². The van der Waals surface area contributed by atoms with Crippen LogP contribution in [-0.4, -0.2) is 34.3 Å². The first-order chi connectivity index (χ1) is 16.1. The Kier molecular flexibility index (Phi) is 7.40. The molecule has 1 atom stereocenters. The Morgan fingerprint density at radius 2 is 1.85 bits per heavy atom. The quantitative estimate of drug-likeness (QED) is 0.340. The van der Waals surface area contributed by atoms with Crippen molar-refractivity contribution in [1.82, 2.24) is 14.7 Å². The summed E-state index contributed by atoms with van der Waals surface area (Å²) in [5, 5.41) is 5.01. The lowest BCUT2D eigenvalue weighted by Gasteiger charge is -2.25. The summed E-state index contributed by atoms with van der Waals surface area (Å²) in [6, 6.07) is 19.4. The lowest BCUT2D eigenvalue weighted by atomic mass is 10.0. The number of rotatable bonds is 8. The van der Waals surface area contributed by atoms with Gasteiger partial charge in [0.05, 0.1) is 18.5 Å². The number of carbonyl (C=O) groups is 1. The zero-order valence-corrected chi connectivity index (χ0v) is 19.8. The van der Waals surface area contributed by atoms with E-state index in [1.165, 1.54) is 42.1 Å². The molecular weight excluding hydrogens is 410 g/mol. The van der Waals surface area contributed by atoms with Gasteiger partial charge in [-0.1, -0.05) is 56.3 Å². The summed E-state index contributed by atoms with van der Waals surface area (Å²) in [5.41, 5.74) is 7.35. The molecule has 172 valence electrons. The molecule has 0 spiro atoms. The van der Waals surface area contributed by atoms with Crippen LogP contribution in [0.4, 0.5) is 0 Å². The average molecular weight is 444 g/mol. The molecule has 0 saturated carbocycles. The zero-order valence-electron chi connectivity index (χ0n) is 19.8. The molecule has 0 bridgehead atoms. The van der Waals surface area contributed by atoms with Gasteiger partial charge in [0.1, 0.15) is 0 Å². The SMILES string of the molecule is CCc1nn(-c2ccccc2)c(CC)c1CN1CCC[C@H]1c1ccc(/C=C/C(=O)OC)cc1. The molecule has 1 aromatic heterocycles. The molecule has 0 aliphatic carbocycles. The van der Waals surface area contributed by atoms with Crippen molar-refractivity contribution >= 4 is 12.0 Å². The second-order valence-electron chi connectivity index (χ2n) is 8.48. The number of nitrogens with zero attached hydrogens (tertiary/aromatic N) is 3. The van der Waals surface area contributed by atoms with Crippen LogP contribution in [0.25, 0.3) is 11.8 Å². The molecule has 1 aliphatic heterocycles. The minimum absolute atomic E-state index is 0.337. The van der Waals surface area contributed by atoms with Crippen molar-refractivity contribution in [2.24, 2.45) is 0 Å². The third-order valence-corrected chi connectivity index (χ3v) is 6.50. The number of aryl methyl sites for hydroxylation is 1. The third-order valence-electron chi connectivity index (χ3n) is 6.50. The third kappa shape index (κ3) is 5.09. The number of para-hydroxylation sites is 1. The molecule has 4 rings (SSSR count). The Hall–Kier alpha value is -3.18. The van der Waals surface area contributed by atoms with Crippen molar-refractivity contribution in [2.45, 2.75) is 52.1 Å². The Morgan fingerprint density at radius 1 is 1.09 bits per heavy atom. The highest BCUT2D eigenvalue weighted by Crippen LogP contribution is 2.35. The van der Waals surface area contributed by atoms with E-state index in [2.05, 4.69) is 76.7 Å². The molecule has 2 heterocycles. The van der Waals surface area contributed by atoms with Gasteiger partial charge in [0.15, 0.2) is 0 Å². The summed E-state index contributed by atoms with van der Waals surface area (Å²) in [5.74, 6) is -0.337. The first-order valence-corrected chi connectivity index (χ1v) is 11.9. The molecule has 0 radical (unpaired) electrons. The lowest BCUT2D eigenvalue weighted by molar-refractivity contribution is -0.134. The number of benzene rings is 2. The second kappa shape index (κ2) is 10.6. The number of aromatic nitrogens is 2. The monoisotopic (exact) mass is 443 g/mol. The fourth-order valence-corrected chi connectivity index (χ4v) is 4.81. The standard InChI is InChI=1S/C28H33N3O2/c1-4-25-24(26(5-2)31(29-25)23-10-7-6-8-11-23)20-30-19-9-12-27(30)22-16-13-21(14-17-22)15-18-28(32)33-3/h6-8,10-11,13-18,27H,4-5,9,12,19-20H2,1-3H3/b18-15+/t27-/m0/s1. The number of ether oxygens (including phenoxy) is 1. The summed E-state index contributed by atoms with van der Waals surface area (Å²) in [6.45, 7) is 6.44. The Balaban J connectivity index is 1.57. The van der Waals surface area contributed by atoms with Gasteiger partial charge in [0, 0.05) is 29.9 Å². The maximum absolute atomic E-state index is 11.4. The molecule has 5 nitrogen and oxygen atoms in total. The van der Waals surface area contributed by atoms with E-state index in [0.29, 0.717) is 6.04 Å². The van der Waals surface area contributed by atoms with Crippen LogP contribution in [0, 0.1) is 0 Å². The first kappa shape index (κ1) is 23.0. The van der Waals surface area contributed by atoms with Crippen LogP contribution in [0.1, 0.15) is 60.8 Å². The highest BCUT2D eigenvalue weighted by molar-refractivity contribution is 5.86. The van der Waals surface area contributed by atoms with E-state index in [4.69, 9.17) is 5.10 Å². The van der Waals surface area contributed by atoms with Gasteiger partial charge in [-0.05, 0) is 61.6 Å². The highest BCUT2D eigenvalue weighted by Gasteiger charge is 2.28. The molecule has 0 unspecified atom stereocenters. The van der Waals surface area contributed by atoms with Gasteiger partial charge < -0.3 is 4.74 Å². The van der Waals surface area contributed by atoms with E-state index in [0.717, 1.165) is 43.6 Å².